The predicted octanol–water partition coefficient (Wildman–Crippen LogP) is 2.67. The Labute approximate surface area is 144 Å². The first kappa shape index (κ1) is 15.9. The zero-order valence-electron chi connectivity index (χ0n) is 14.7. The molecule has 2 aliphatic rings. The zero-order valence-corrected chi connectivity index (χ0v) is 14.7. The lowest BCUT2D eigenvalue weighted by molar-refractivity contribution is 0.201. The Morgan fingerprint density at radius 2 is 2.21 bits per heavy atom. The van der Waals surface area contributed by atoms with Gasteiger partial charge in [-0.1, -0.05) is 12.1 Å². The number of piperidine rings is 1. The minimum absolute atomic E-state index is 0.653. The van der Waals surface area contributed by atoms with Crippen molar-refractivity contribution in [3.05, 3.63) is 36.2 Å². The summed E-state index contributed by atoms with van der Waals surface area (Å²) in [6.45, 7) is 5.94. The predicted molar refractivity (Wildman–Crippen MR) is 101 cm³/mol. The molecule has 0 amide bonds. The number of aromatic nitrogens is 1. The average molecular weight is 324 g/mol. The van der Waals surface area contributed by atoms with Gasteiger partial charge in [0.05, 0.1) is 0 Å². The molecule has 1 atom stereocenters. The molecule has 1 fully saturated rings. The first-order valence-electron chi connectivity index (χ1n) is 9.36. The Hall–Kier alpha value is -1.65. The fourth-order valence-electron chi connectivity index (χ4n) is 4.42. The van der Waals surface area contributed by atoms with Crippen molar-refractivity contribution in [3.63, 3.8) is 0 Å². The van der Waals surface area contributed by atoms with Gasteiger partial charge in [0.1, 0.15) is 0 Å². The number of nitrogens with zero attached hydrogens (tertiary/aromatic N) is 3. The van der Waals surface area contributed by atoms with Crippen molar-refractivity contribution in [2.45, 2.75) is 31.7 Å². The van der Waals surface area contributed by atoms with E-state index in [4.69, 9.17) is 0 Å². The molecule has 3 heterocycles. The molecule has 1 N–H and O–H groups in total. The molecule has 4 nitrogen and oxygen atoms in total. The topological polar surface area (TPSA) is 31.4 Å². The number of pyridine rings is 1. The molecule has 0 aliphatic carbocycles. The van der Waals surface area contributed by atoms with Crippen LogP contribution in [0.5, 0.6) is 0 Å². The Balaban J connectivity index is 1.55. The second-order valence-corrected chi connectivity index (χ2v) is 7.17. The van der Waals surface area contributed by atoms with Crippen LogP contribution in [0.1, 0.15) is 24.8 Å². The molecule has 128 valence electrons. The van der Waals surface area contributed by atoms with Crippen molar-refractivity contribution >= 4 is 16.5 Å². The molecule has 0 radical (unpaired) electrons. The van der Waals surface area contributed by atoms with Crippen LogP contribution in [0.2, 0.25) is 0 Å². The number of benzene rings is 1. The summed E-state index contributed by atoms with van der Waals surface area (Å²) in [4.78, 5) is 9.76. The number of anilines is 1. The van der Waals surface area contributed by atoms with Crippen LogP contribution in [-0.2, 0) is 6.42 Å². The highest BCUT2D eigenvalue weighted by molar-refractivity contribution is 5.97. The molecule has 4 rings (SSSR count). The normalized spacial score (nSPS) is 21.4. The van der Waals surface area contributed by atoms with Gasteiger partial charge in [-0.05, 0) is 64.0 Å². The second-order valence-electron chi connectivity index (χ2n) is 7.17. The van der Waals surface area contributed by atoms with Gasteiger partial charge in [-0.3, -0.25) is 4.98 Å². The van der Waals surface area contributed by atoms with E-state index in [0.29, 0.717) is 6.04 Å². The van der Waals surface area contributed by atoms with E-state index in [-0.39, 0.29) is 0 Å². The molecule has 1 aromatic heterocycles. The van der Waals surface area contributed by atoms with Crippen LogP contribution in [0.15, 0.2) is 30.6 Å². The monoisotopic (exact) mass is 324 g/mol. The number of nitrogens with one attached hydrogen (secondary N) is 1. The van der Waals surface area contributed by atoms with E-state index in [0.717, 1.165) is 19.5 Å². The molecule has 0 bridgehead atoms. The first-order chi connectivity index (χ1) is 11.9. The molecular formula is C20H28N4. The lowest BCUT2D eigenvalue weighted by Gasteiger charge is -2.43. The molecule has 0 saturated carbocycles. The van der Waals surface area contributed by atoms with E-state index >= 15 is 0 Å². The molecule has 24 heavy (non-hydrogen) atoms. The SMILES string of the molecule is CNCCCN1CCCC(N2CCc3cncc4cccc2c34)C1. The van der Waals surface area contributed by atoms with Crippen LogP contribution in [0.4, 0.5) is 5.69 Å². The molecule has 0 spiro atoms. The number of likely N-dealkylation sites (tertiary alicyclic amines) is 1. The highest BCUT2D eigenvalue weighted by Gasteiger charge is 2.28. The molecule has 2 aromatic rings. The fraction of sp³-hybridized carbons (Fsp3) is 0.550. The third-order valence-corrected chi connectivity index (χ3v) is 5.59. The van der Waals surface area contributed by atoms with E-state index in [2.05, 4.69) is 44.5 Å². The summed E-state index contributed by atoms with van der Waals surface area (Å²) in [6, 6.07) is 7.35. The van der Waals surface area contributed by atoms with Gasteiger partial charge < -0.3 is 15.1 Å². The standard InChI is InChI=1S/C20H28N4/c1-21-9-4-11-23-10-3-6-18(15-23)24-12-8-17-14-22-13-16-5-2-7-19(24)20(16)17/h2,5,7,13-14,18,21H,3-4,6,8-12,15H2,1H3. The van der Waals surface area contributed by atoms with Gasteiger partial charge in [0.2, 0.25) is 0 Å². The first-order valence-corrected chi connectivity index (χ1v) is 9.36. The van der Waals surface area contributed by atoms with Gasteiger partial charge in [0, 0.05) is 48.0 Å². The molecule has 4 heteroatoms. The highest BCUT2D eigenvalue weighted by Crippen LogP contribution is 2.36. The van der Waals surface area contributed by atoms with Crippen LogP contribution in [-0.4, -0.2) is 55.7 Å². The number of hydrogen-bond donors (Lipinski definition) is 1. The van der Waals surface area contributed by atoms with Gasteiger partial charge in [-0.2, -0.15) is 0 Å². The third kappa shape index (κ3) is 3.01. The molecule has 2 aliphatic heterocycles. The molecule has 1 aromatic carbocycles. The summed E-state index contributed by atoms with van der Waals surface area (Å²) in [5, 5.41) is 5.99. The Kier molecular flexibility index (Phi) is 4.67. The van der Waals surface area contributed by atoms with Crippen LogP contribution in [0.25, 0.3) is 10.8 Å². The van der Waals surface area contributed by atoms with Gasteiger partial charge in [-0.25, -0.2) is 0 Å². The Morgan fingerprint density at radius 3 is 3.12 bits per heavy atom. The Bertz CT molecular complexity index is 694. The summed E-state index contributed by atoms with van der Waals surface area (Å²) in [5.74, 6) is 0. The van der Waals surface area contributed by atoms with E-state index in [1.807, 2.05) is 13.2 Å². The van der Waals surface area contributed by atoms with E-state index in [1.165, 1.54) is 60.9 Å². The fourth-order valence-corrected chi connectivity index (χ4v) is 4.42. The smallest absolute Gasteiger partial charge is 0.0452 e. The van der Waals surface area contributed by atoms with Crippen molar-refractivity contribution in [1.29, 1.82) is 0 Å². The summed E-state index contributed by atoms with van der Waals surface area (Å²) in [6.07, 6.45) is 9.08. The maximum absolute atomic E-state index is 4.42. The number of hydrogen-bond acceptors (Lipinski definition) is 4. The van der Waals surface area contributed by atoms with Crippen molar-refractivity contribution < 1.29 is 0 Å². The average Bonchev–Trinajstić information content (AvgIpc) is 2.63. The summed E-state index contributed by atoms with van der Waals surface area (Å²) < 4.78 is 0. The lowest BCUT2D eigenvalue weighted by Crippen LogP contribution is -2.50. The lowest BCUT2D eigenvalue weighted by atomic mass is 9.95. The maximum atomic E-state index is 4.42. The van der Waals surface area contributed by atoms with Crippen LogP contribution >= 0.6 is 0 Å². The van der Waals surface area contributed by atoms with Crippen molar-refractivity contribution in [3.8, 4) is 0 Å². The quantitative estimate of drug-likeness (QED) is 0.857. The Morgan fingerprint density at radius 1 is 1.25 bits per heavy atom. The minimum Gasteiger partial charge on any atom is -0.366 e. The number of rotatable bonds is 5. The van der Waals surface area contributed by atoms with Crippen molar-refractivity contribution in [2.75, 3.05) is 44.7 Å². The van der Waals surface area contributed by atoms with Crippen LogP contribution in [0.3, 0.4) is 0 Å². The van der Waals surface area contributed by atoms with E-state index in [1.54, 1.807) is 0 Å². The largest absolute Gasteiger partial charge is 0.366 e. The van der Waals surface area contributed by atoms with Gasteiger partial charge in [-0.15, -0.1) is 0 Å². The summed E-state index contributed by atoms with van der Waals surface area (Å²) in [5.41, 5.74) is 2.85. The van der Waals surface area contributed by atoms with Gasteiger partial charge in [0.25, 0.3) is 0 Å². The van der Waals surface area contributed by atoms with E-state index < -0.39 is 0 Å². The van der Waals surface area contributed by atoms with Crippen molar-refractivity contribution in [1.82, 2.24) is 15.2 Å². The summed E-state index contributed by atoms with van der Waals surface area (Å²) in [7, 11) is 2.04. The zero-order chi connectivity index (χ0) is 16.4. The molecule has 1 saturated heterocycles. The molecular weight excluding hydrogens is 296 g/mol. The van der Waals surface area contributed by atoms with E-state index in [9.17, 15) is 0 Å². The van der Waals surface area contributed by atoms with Gasteiger partial charge >= 0.3 is 0 Å². The summed E-state index contributed by atoms with van der Waals surface area (Å²) >= 11 is 0. The minimum atomic E-state index is 0.653. The van der Waals surface area contributed by atoms with Crippen LogP contribution < -0.4 is 10.2 Å². The van der Waals surface area contributed by atoms with Crippen molar-refractivity contribution in [2.24, 2.45) is 0 Å². The second kappa shape index (κ2) is 7.08. The van der Waals surface area contributed by atoms with Crippen LogP contribution in [0, 0.1) is 0 Å². The molecule has 1 unspecified atom stereocenters. The van der Waals surface area contributed by atoms with Gasteiger partial charge in [0.15, 0.2) is 0 Å². The maximum Gasteiger partial charge on any atom is 0.0452 e. The third-order valence-electron chi connectivity index (χ3n) is 5.59. The highest BCUT2D eigenvalue weighted by atomic mass is 15.2.